The molecule has 0 saturated heterocycles. The average molecular weight is 371 g/mol. The van der Waals surface area contributed by atoms with Gasteiger partial charge in [-0.3, -0.25) is 0 Å². The Bertz CT molecular complexity index is 669. The van der Waals surface area contributed by atoms with Crippen molar-refractivity contribution < 1.29 is 18.3 Å². The van der Waals surface area contributed by atoms with E-state index in [1.165, 1.54) is 12.1 Å². The molecule has 0 aliphatic carbocycles. The summed E-state index contributed by atoms with van der Waals surface area (Å²) >= 11 is 3.31. The topological polar surface area (TPSA) is 63.6 Å². The van der Waals surface area contributed by atoms with Crippen LogP contribution in [0.3, 0.4) is 0 Å². The highest BCUT2D eigenvalue weighted by Crippen LogP contribution is 2.17. The summed E-state index contributed by atoms with van der Waals surface area (Å²) in [7, 11) is -3.51. The van der Waals surface area contributed by atoms with Gasteiger partial charge < -0.3 is 9.84 Å². The Morgan fingerprint density at radius 2 is 1.67 bits per heavy atom. The van der Waals surface area contributed by atoms with Crippen molar-refractivity contribution in [3.63, 3.8) is 0 Å². The van der Waals surface area contributed by atoms with E-state index in [-0.39, 0.29) is 17.3 Å². The van der Waals surface area contributed by atoms with Gasteiger partial charge in [-0.15, -0.1) is 0 Å². The predicted octanol–water partition coefficient (Wildman–Crippen LogP) is 2.66. The van der Waals surface area contributed by atoms with E-state index in [1.807, 2.05) is 12.1 Å². The molecule has 0 fully saturated rings. The van der Waals surface area contributed by atoms with Gasteiger partial charge in [-0.05, 0) is 36.4 Å². The van der Waals surface area contributed by atoms with Gasteiger partial charge in [0.05, 0.1) is 10.6 Å². The highest BCUT2D eigenvalue weighted by atomic mass is 79.9. The first kappa shape index (κ1) is 16.0. The van der Waals surface area contributed by atoms with Crippen molar-refractivity contribution in [2.45, 2.75) is 11.0 Å². The number of sulfone groups is 1. The molecule has 2 aromatic carbocycles. The molecule has 1 N–H and O–H groups in total. The minimum absolute atomic E-state index is 0.0757. The minimum Gasteiger partial charge on any atom is -0.491 e. The molecule has 112 valence electrons. The van der Waals surface area contributed by atoms with Crippen molar-refractivity contribution in [1.29, 1.82) is 0 Å². The number of hydrogen-bond donors (Lipinski definition) is 1. The van der Waals surface area contributed by atoms with E-state index in [4.69, 9.17) is 4.74 Å². The summed E-state index contributed by atoms with van der Waals surface area (Å²) in [6, 6.07) is 15.2. The molecule has 0 unspecified atom stereocenters. The number of rotatable bonds is 6. The first-order chi connectivity index (χ1) is 9.97. The second kappa shape index (κ2) is 7.06. The molecule has 4 nitrogen and oxygen atoms in total. The maximum atomic E-state index is 12.1. The van der Waals surface area contributed by atoms with Gasteiger partial charge in [-0.25, -0.2) is 8.42 Å². The average Bonchev–Trinajstić information content (AvgIpc) is 2.47. The van der Waals surface area contributed by atoms with Crippen LogP contribution < -0.4 is 4.74 Å². The first-order valence-electron chi connectivity index (χ1n) is 6.31. The van der Waals surface area contributed by atoms with Gasteiger partial charge in [0.1, 0.15) is 18.5 Å². The maximum Gasteiger partial charge on any atom is 0.181 e. The van der Waals surface area contributed by atoms with Crippen LogP contribution in [-0.4, -0.2) is 32.0 Å². The maximum absolute atomic E-state index is 12.1. The molecule has 0 bridgehead atoms. The smallest absolute Gasteiger partial charge is 0.181 e. The Balaban J connectivity index is 1.92. The normalized spacial score (nSPS) is 12.9. The van der Waals surface area contributed by atoms with Crippen molar-refractivity contribution in [1.82, 2.24) is 0 Å². The SMILES string of the molecule is O=S(=O)(C[C@@H](O)COc1ccc(Br)cc1)c1ccccc1. The molecular weight excluding hydrogens is 356 g/mol. The molecule has 0 spiro atoms. The molecule has 2 aromatic rings. The molecule has 0 amide bonds. The lowest BCUT2D eigenvalue weighted by Crippen LogP contribution is -2.27. The van der Waals surface area contributed by atoms with Gasteiger partial charge in [0.25, 0.3) is 0 Å². The van der Waals surface area contributed by atoms with Crippen LogP contribution >= 0.6 is 15.9 Å². The van der Waals surface area contributed by atoms with Crippen LogP contribution in [0.2, 0.25) is 0 Å². The van der Waals surface area contributed by atoms with Gasteiger partial charge >= 0.3 is 0 Å². The van der Waals surface area contributed by atoms with E-state index in [0.717, 1.165) is 4.47 Å². The van der Waals surface area contributed by atoms with Crippen molar-refractivity contribution >= 4 is 25.8 Å². The van der Waals surface area contributed by atoms with Crippen LogP contribution in [0, 0.1) is 0 Å². The third kappa shape index (κ3) is 4.84. The van der Waals surface area contributed by atoms with Crippen LogP contribution in [0.15, 0.2) is 64.0 Å². The fourth-order valence-corrected chi connectivity index (χ4v) is 3.38. The van der Waals surface area contributed by atoms with Crippen LogP contribution in [0.4, 0.5) is 0 Å². The van der Waals surface area contributed by atoms with Crippen LogP contribution in [0.1, 0.15) is 0 Å². The van der Waals surface area contributed by atoms with E-state index in [1.54, 1.807) is 30.3 Å². The van der Waals surface area contributed by atoms with E-state index in [9.17, 15) is 13.5 Å². The number of aliphatic hydroxyl groups is 1. The lowest BCUT2D eigenvalue weighted by molar-refractivity contribution is 0.125. The summed E-state index contributed by atoms with van der Waals surface area (Å²) in [5.74, 6) is 0.211. The van der Waals surface area contributed by atoms with Crippen molar-refractivity contribution in [3.05, 3.63) is 59.1 Å². The lowest BCUT2D eigenvalue weighted by Gasteiger charge is -2.13. The Kier molecular flexibility index (Phi) is 5.39. The van der Waals surface area contributed by atoms with Crippen LogP contribution in [-0.2, 0) is 9.84 Å². The molecule has 0 saturated carbocycles. The number of benzene rings is 2. The summed E-state index contributed by atoms with van der Waals surface area (Å²) in [6.45, 7) is -0.0757. The fraction of sp³-hybridized carbons (Fsp3) is 0.200. The molecule has 21 heavy (non-hydrogen) atoms. The van der Waals surface area contributed by atoms with E-state index in [2.05, 4.69) is 15.9 Å². The van der Waals surface area contributed by atoms with Crippen molar-refractivity contribution in [2.24, 2.45) is 0 Å². The largest absolute Gasteiger partial charge is 0.491 e. The van der Waals surface area contributed by atoms with Gasteiger partial charge in [-0.2, -0.15) is 0 Å². The van der Waals surface area contributed by atoms with Crippen molar-refractivity contribution in [2.75, 3.05) is 12.4 Å². The summed E-state index contributed by atoms with van der Waals surface area (Å²) in [5.41, 5.74) is 0. The number of hydrogen-bond acceptors (Lipinski definition) is 4. The predicted molar refractivity (Wildman–Crippen MR) is 84.1 cm³/mol. The second-order valence-electron chi connectivity index (χ2n) is 4.51. The molecule has 0 radical (unpaired) electrons. The quantitative estimate of drug-likeness (QED) is 0.848. The van der Waals surface area contributed by atoms with Crippen LogP contribution in [0.5, 0.6) is 5.75 Å². The fourth-order valence-electron chi connectivity index (χ4n) is 1.75. The first-order valence-corrected chi connectivity index (χ1v) is 8.76. The van der Waals surface area contributed by atoms with Gasteiger partial charge in [0, 0.05) is 4.47 Å². The molecule has 0 aromatic heterocycles. The molecule has 0 aliphatic rings. The Hall–Kier alpha value is -1.37. The molecular formula is C15H15BrO4S. The molecule has 6 heteroatoms. The summed E-state index contributed by atoms with van der Waals surface area (Å²) in [5, 5.41) is 9.85. The number of halogens is 1. The third-order valence-corrected chi connectivity index (χ3v) is 5.11. The van der Waals surface area contributed by atoms with Gasteiger partial charge in [0.2, 0.25) is 0 Å². The summed E-state index contributed by atoms with van der Waals surface area (Å²) in [4.78, 5) is 0.202. The van der Waals surface area contributed by atoms with Crippen molar-refractivity contribution in [3.8, 4) is 5.75 Å². The Morgan fingerprint density at radius 3 is 2.29 bits per heavy atom. The zero-order chi connectivity index (χ0) is 15.3. The zero-order valence-electron chi connectivity index (χ0n) is 11.1. The summed E-state index contributed by atoms with van der Waals surface area (Å²) < 4.78 is 30.4. The third-order valence-electron chi connectivity index (χ3n) is 2.77. The number of ether oxygens (including phenoxy) is 1. The minimum atomic E-state index is -3.51. The Morgan fingerprint density at radius 1 is 1.05 bits per heavy atom. The van der Waals surface area contributed by atoms with E-state index < -0.39 is 15.9 Å². The van der Waals surface area contributed by atoms with E-state index >= 15 is 0 Å². The van der Waals surface area contributed by atoms with E-state index in [0.29, 0.717) is 5.75 Å². The number of aliphatic hydroxyl groups excluding tert-OH is 1. The molecule has 0 aliphatic heterocycles. The highest BCUT2D eigenvalue weighted by molar-refractivity contribution is 9.10. The van der Waals surface area contributed by atoms with Crippen LogP contribution in [0.25, 0.3) is 0 Å². The zero-order valence-corrected chi connectivity index (χ0v) is 13.5. The lowest BCUT2D eigenvalue weighted by atomic mass is 10.3. The molecule has 0 heterocycles. The highest BCUT2D eigenvalue weighted by Gasteiger charge is 2.19. The Labute approximate surface area is 132 Å². The molecule has 2 rings (SSSR count). The standard InChI is InChI=1S/C15H15BrO4S/c16-12-6-8-14(9-7-12)20-10-13(17)11-21(18,19)15-4-2-1-3-5-15/h1-9,13,17H,10-11H2/t13-/m0/s1. The van der Waals surface area contributed by atoms with Gasteiger partial charge in [-0.1, -0.05) is 34.1 Å². The monoisotopic (exact) mass is 370 g/mol. The molecule has 1 atom stereocenters. The van der Waals surface area contributed by atoms with Gasteiger partial charge in [0.15, 0.2) is 9.84 Å². The summed E-state index contributed by atoms with van der Waals surface area (Å²) in [6.07, 6.45) is -1.08. The second-order valence-corrected chi connectivity index (χ2v) is 7.46.